The van der Waals surface area contributed by atoms with E-state index in [9.17, 15) is 13.2 Å². The lowest BCUT2D eigenvalue weighted by Gasteiger charge is -2.24. The lowest BCUT2D eigenvalue weighted by Crippen LogP contribution is -2.37. The maximum atomic E-state index is 12.6. The van der Waals surface area contributed by atoms with Crippen LogP contribution in [-0.4, -0.2) is 27.1 Å². The quantitative estimate of drug-likeness (QED) is 0.469. The molecule has 156 valence electrons. The van der Waals surface area contributed by atoms with Gasteiger partial charge in [0.05, 0.1) is 17.0 Å². The molecule has 3 aromatic carbocycles. The number of nitrogens with zero attached hydrogens (tertiary/aromatic N) is 1. The maximum absolute atomic E-state index is 12.6. The molecule has 0 saturated carbocycles. The molecule has 0 atom stereocenters. The monoisotopic (exact) mass is 508 g/mol. The summed E-state index contributed by atoms with van der Waals surface area (Å²) < 4.78 is 32.5. The van der Waals surface area contributed by atoms with E-state index in [4.69, 9.17) is 16.3 Å². The Hall–Kier alpha value is -2.55. The number of para-hydroxylation sites is 3. The van der Waals surface area contributed by atoms with E-state index in [1.54, 1.807) is 54.6 Å². The number of anilines is 2. The summed E-state index contributed by atoms with van der Waals surface area (Å²) in [6, 6.07) is 20.5. The van der Waals surface area contributed by atoms with Gasteiger partial charge < -0.3 is 10.1 Å². The van der Waals surface area contributed by atoms with Crippen LogP contribution in [0.3, 0.4) is 0 Å². The summed E-state index contributed by atoms with van der Waals surface area (Å²) in [5.41, 5.74) is 0.711. The first kappa shape index (κ1) is 22.1. The van der Waals surface area contributed by atoms with Crippen molar-refractivity contribution < 1.29 is 17.9 Å². The predicted molar refractivity (Wildman–Crippen MR) is 123 cm³/mol. The molecule has 0 saturated heterocycles. The average Bonchev–Trinajstić information content (AvgIpc) is 2.70. The minimum Gasteiger partial charge on any atom is -0.455 e. The Balaban J connectivity index is 1.86. The summed E-state index contributed by atoms with van der Waals surface area (Å²) in [4.78, 5) is 12.6. The number of nitrogens with one attached hydrogen (secondary N) is 1. The second-order valence-electron chi connectivity index (χ2n) is 6.33. The standard InChI is InChI=1S/C21H18BrClN2O4S/c1-30(27,28)25(14-21(26)24-15-11-12-17(22)18(23)13-15)19-9-5-6-10-20(19)29-16-7-3-2-4-8-16/h2-13H,14H2,1H3,(H,24,26). The van der Waals surface area contributed by atoms with E-state index in [-0.39, 0.29) is 5.69 Å². The number of rotatable bonds is 7. The van der Waals surface area contributed by atoms with E-state index in [1.807, 2.05) is 18.2 Å². The summed E-state index contributed by atoms with van der Waals surface area (Å²) in [6.07, 6.45) is 1.04. The normalized spacial score (nSPS) is 11.0. The van der Waals surface area contributed by atoms with Crippen molar-refractivity contribution in [1.29, 1.82) is 0 Å². The van der Waals surface area contributed by atoms with Gasteiger partial charge in [-0.3, -0.25) is 9.10 Å². The molecule has 0 fully saturated rings. The number of hydrogen-bond donors (Lipinski definition) is 1. The van der Waals surface area contributed by atoms with Crippen molar-refractivity contribution in [3.05, 3.63) is 82.3 Å². The molecule has 0 spiro atoms. The Bertz CT molecular complexity index is 1160. The number of benzene rings is 3. The van der Waals surface area contributed by atoms with Gasteiger partial charge in [-0.1, -0.05) is 41.9 Å². The predicted octanol–water partition coefficient (Wildman–Crippen LogP) is 5.30. The molecule has 9 heteroatoms. The summed E-state index contributed by atoms with van der Waals surface area (Å²) >= 11 is 9.33. The van der Waals surface area contributed by atoms with E-state index in [0.717, 1.165) is 10.6 Å². The van der Waals surface area contributed by atoms with Gasteiger partial charge in [0, 0.05) is 10.2 Å². The number of ether oxygens (including phenoxy) is 1. The molecule has 0 aliphatic heterocycles. The van der Waals surface area contributed by atoms with Crippen LogP contribution in [0.2, 0.25) is 5.02 Å². The van der Waals surface area contributed by atoms with Crippen molar-refractivity contribution in [3.8, 4) is 11.5 Å². The van der Waals surface area contributed by atoms with Crippen LogP contribution in [0.15, 0.2) is 77.3 Å². The molecule has 0 aliphatic carbocycles. The lowest BCUT2D eigenvalue weighted by molar-refractivity contribution is -0.114. The van der Waals surface area contributed by atoms with E-state index in [0.29, 0.717) is 26.7 Å². The van der Waals surface area contributed by atoms with E-state index >= 15 is 0 Å². The van der Waals surface area contributed by atoms with Gasteiger partial charge in [0.2, 0.25) is 15.9 Å². The first-order valence-corrected chi connectivity index (χ1v) is 11.8. The zero-order valence-corrected chi connectivity index (χ0v) is 19.0. The first-order chi connectivity index (χ1) is 14.2. The fraction of sp³-hybridized carbons (Fsp3) is 0.0952. The molecule has 0 unspecified atom stereocenters. The number of sulfonamides is 1. The molecule has 0 heterocycles. The Morgan fingerprint density at radius 3 is 2.40 bits per heavy atom. The van der Waals surface area contributed by atoms with E-state index in [2.05, 4.69) is 21.2 Å². The fourth-order valence-electron chi connectivity index (χ4n) is 2.65. The number of carbonyl (C=O) groups is 1. The molecule has 6 nitrogen and oxygen atoms in total. The number of halogens is 2. The van der Waals surface area contributed by atoms with Crippen LogP contribution < -0.4 is 14.4 Å². The number of carbonyl (C=O) groups excluding carboxylic acids is 1. The molecule has 0 radical (unpaired) electrons. The zero-order chi connectivity index (χ0) is 21.7. The van der Waals surface area contributed by atoms with Crippen LogP contribution in [0.1, 0.15) is 0 Å². The van der Waals surface area contributed by atoms with Crippen molar-refractivity contribution >= 4 is 54.8 Å². The van der Waals surface area contributed by atoms with E-state index < -0.39 is 22.5 Å². The van der Waals surface area contributed by atoms with Crippen molar-refractivity contribution in [2.45, 2.75) is 0 Å². The summed E-state index contributed by atoms with van der Waals surface area (Å²) in [5, 5.41) is 3.09. The zero-order valence-electron chi connectivity index (χ0n) is 15.9. The Kier molecular flexibility index (Phi) is 7.02. The molecule has 1 N–H and O–H groups in total. The third-order valence-electron chi connectivity index (χ3n) is 4.00. The van der Waals surface area contributed by atoms with Gasteiger partial charge in [0.15, 0.2) is 5.75 Å². The highest BCUT2D eigenvalue weighted by atomic mass is 79.9. The van der Waals surface area contributed by atoms with Gasteiger partial charge in [-0.25, -0.2) is 8.42 Å². The summed E-state index contributed by atoms with van der Waals surface area (Å²) in [5.74, 6) is 0.342. The molecule has 0 aromatic heterocycles. The highest BCUT2D eigenvalue weighted by molar-refractivity contribution is 9.10. The van der Waals surface area contributed by atoms with Crippen molar-refractivity contribution in [3.63, 3.8) is 0 Å². The fourth-order valence-corrected chi connectivity index (χ4v) is 3.94. The van der Waals surface area contributed by atoms with Gasteiger partial charge in [-0.15, -0.1) is 0 Å². The van der Waals surface area contributed by atoms with Crippen LogP contribution in [-0.2, 0) is 14.8 Å². The van der Waals surface area contributed by atoms with Gasteiger partial charge in [0.1, 0.15) is 12.3 Å². The molecular formula is C21H18BrClN2O4S. The number of amides is 1. The lowest BCUT2D eigenvalue weighted by atomic mass is 10.2. The molecule has 30 heavy (non-hydrogen) atoms. The molecule has 0 aliphatic rings. The van der Waals surface area contributed by atoms with Gasteiger partial charge in [-0.2, -0.15) is 0 Å². The van der Waals surface area contributed by atoms with Crippen molar-refractivity contribution in [2.75, 3.05) is 22.4 Å². The van der Waals surface area contributed by atoms with Gasteiger partial charge in [-0.05, 0) is 58.4 Å². The van der Waals surface area contributed by atoms with Crippen LogP contribution in [0.4, 0.5) is 11.4 Å². The summed E-state index contributed by atoms with van der Waals surface area (Å²) in [6.45, 7) is -0.429. The summed E-state index contributed by atoms with van der Waals surface area (Å²) in [7, 11) is -3.78. The van der Waals surface area contributed by atoms with Crippen LogP contribution >= 0.6 is 27.5 Å². The molecule has 1 amide bonds. The second-order valence-corrected chi connectivity index (χ2v) is 9.50. The Morgan fingerprint density at radius 1 is 1.07 bits per heavy atom. The Labute approximate surface area is 188 Å². The van der Waals surface area contributed by atoms with Crippen LogP contribution in [0.25, 0.3) is 0 Å². The molecule has 0 bridgehead atoms. The highest BCUT2D eigenvalue weighted by Gasteiger charge is 2.24. The molecular weight excluding hydrogens is 492 g/mol. The second kappa shape index (κ2) is 9.51. The topological polar surface area (TPSA) is 75.7 Å². The largest absolute Gasteiger partial charge is 0.455 e. The number of hydrogen-bond acceptors (Lipinski definition) is 4. The van der Waals surface area contributed by atoms with Gasteiger partial charge in [0.25, 0.3) is 0 Å². The minimum atomic E-state index is -3.78. The third-order valence-corrected chi connectivity index (χ3v) is 6.35. The molecule has 3 rings (SSSR count). The van der Waals surface area contributed by atoms with Gasteiger partial charge >= 0.3 is 0 Å². The van der Waals surface area contributed by atoms with E-state index in [1.165, 1.54) is 0 Å². The average molecular weight is 510 g/mol. The van der Waals surface area contributed by atoms with Crippen LogP contribution in [0.5, 0.6) is 11.5 Å². The first-order valence-electron chi connectivity index (χ1n) is 8.78. The smallest absolute Gasteiger partial charge is 0.245 e. The van der Waals surface area contributed by atoms with Crippen LogP contribution in [0, 0.1) is 0 Å². The molecule has 3 aromatic rings. The SMILES string of the molecule is CS(=O)(=O)N(CC(=O)Nc1ccc(Br)c(Cl)c1)c1ccccc1Oc1ccccc1. The third kappa shape index (κ3) is 5.75. The van der Waals surface area contributed by atoms with Crippen molar-refractivity contribution in [2.24, 2.45) is 0 Å². The Morgan fingerprint density at radius 2 is 1.73 bits per heavy atom. The minimum absolute atomic E-state index is 0.257. The highest BCUT2D eigenvalue weighted by Crippen LogP contribution is 2.33. The van der Waals surface area contributed by atoms with Crippen molar-refractivity contribution in [1.82, 2.24) is 0 Å². The maximum Gasteiger partial charge on any atom is 0.245 e.